The van der Waals surface area contributed by atoms with Gasteiger partial charge in [-0.25, -0.2) is 4.98 Å². The van der Waals surface area contributed by atoms with Crippen molar-refractivity contribution in [1.82, 2.24) is 24.5 Å². The van der Waals surface area contributed by atoms with E-state index in [-0.39, 0.29) is 11.2 Å². The van der Waals surface area contributed by atoms with Crippen LogP contribution in [0.4, 0.5) is 13.2 Å². The monoisotopic (exact) mass is 325 g/mol. The van der Waals surface area contributed by atoms with Gasteiger partial charge in [-0.15, -0.1) is 5.10 Å². The highest BCUT2D eigenvalue weighted by atomic mass is 19.4. The van der Waals surface area contributed by atoms with Gasteiger partial charge in [0.25, 0.3) is 5.56 Å². The first-order valence-electron chi connectivity index (χ1n) is 6.49. The summed E-state index contributed by atoms with van der Waals surface area (Å²) in [4.78, 5) is 16.1. The van der Waals surface area contributed by atoms with E-state index in [2.05, 4.69) is 15.3 Å². The lowest BCUT2D eigenvalue weighted by atomic mass is 10.3. The molecule has 0 bridgehead atoms. The third-order valence-corrected chi connectivity index (χ3v) is 3.18. The normalized spacial score (nSPS) is 13.4. The van der Waals surface area contributed by atoms with Crippen molar-refractivity contribution in [3.8, 4) is 5.69 Å². The fraction of sp³-hybridized carbons (Fsp3) is 0.231. The molecule has 2 heterocycles. The van der Waals surface area contributed by atoms with Gasteiger partial charge >= 0.3 is 6.18 Å². The van der Waals surface area contributed by atoms with Crippen molar-refractivity contribution in [1.29, 1.82) is 0 Å². The number of nitrogens with zero attached hydrogens (tertiary/aromatic N) is 5. The van der Waals surface area contributed by atoms with Gasteiger partial charge in [-0.2, -0.15) is 17.9 Å². The van der Waals surface area contributed by atoms with Gasteiger partial charge in [0.05, 0.1) is 12.2 Å². The van der Waals surface area contributed by atoms with Crippen molar-refractivity contribution < 1.29 is 18.3 Å². The molecule has 0 saturated carbocycles. The molecule has 0 unspecified atom stereocenters. The Labute approximate surface area is 126 Å². The number of benzene rings is 1. The van der Waals surface area contributed by atoms with E-state index in [0.717, 1.165) is 6.33 Å². The van der Waals surface area contributed by atoms with Gasteiger partial charge in [-0.3, -0.25) is 9.36 Å². The van der Waals surface area contributed by atoms with Gasteiger partial charge in [0.1, 0.15) is 6.33 Å². The maximum Gasteiger partial charge on any atom is 0.416 e. The number of para-hydroxylation sites is 1. The third kappa shape index (κ3) is 2.80. The highest BCUT2D eigenvalue weighted by Crippen LogP contribution is 2.21. The van der Waals surface area contributed by atoms with Gasteiger partial charge in [-0.05, 0) is 12.1 Å². The van der Waals surface area contributed by atoms with Crippen LogP contribution in [0.3, 0.4) is 0 Å². The fourth-order valence-corrected chi connectivity index (χ4v) is 2.01. The Morgan fingerprint density at radius 3 is 2.57 bits per heavy atom. The molecule has 10 heteroatoms. The zero-order chi connectivity index (χ0) is 16.6. The molecule has 0 fully saturated rings. The van der Waals surface area contributed by atoms with Gasteiger partial charge in [-0.1, -0.05) is 23.4 Å². The lowest BCUT2D eigenvalue weighted by molar-refractivity contribution is -0.207. The van der Waals surface area contributed by atoms with Gasteiger partial charge in [0, 0.05) is 0 Å². The van der Waals surface area contributed by atoms with E-state index in [0.29, 0.717) is 10.3 Å². The Hall–Kier alpha value is -2.75. The summed E-state index contributed by atoms with van der Waals surface area (Å²) in [6, 6.07) is 8.73. The van der Waals surface area contributed by atoms with Crippen molar-refractivity contribution in [2.24, 2.45) is 0 Å². The van der Waals surface area contributed by atoms with Crippen LogP contribution in [0.2, 0.25) is 0 Å². The summed E-state index contributed by atoms with van der Waals surface area (Å²) >= 11 is 0. The number of alkyl halides is 3. The number of halogens is 3. The average Bonchev–Trinajstić information content (AvgIpc) is 2.94. The molecule has 1 aromatic carbocycles. The molecule has 7 nitrogen and oxygen atoms in total. The highest BCUT2D eigenvalue weighted by Gasteiger charge is 2.38. The largest absolute Gasteiger partial charge is 0.416 e. The lowest BCUT2D eigenvalue weighted by Crippen LogP contribution is -2.36. The standard InChI is InChI=1S/C13H10F3N5O2/c14-13(15,16)9(22)6-20-7-17-11-10(12(20)23)18-19-21(11)8-4-2-1-3-5-8/h1-5,7,9,22H,6H2/t9-/m1/s1. The van der Waals surface area contributed by atoms with Gasteiger partial charge < -0.3 is 5.11 Å². The van der Waals surface area contributed by atoms with Crippen LogP contribution < -0.4 is 5.56 Å². The van der Waals surface area contributed by atoms with Gasteiger partial charge in [0.2, 0.25) is 0 Å². The van der Waals surface area contributed by atoms with Crippen molar-refractivity contribution in [3.63, 3.8) is 0 Å². The maximum absolute atomic E-state index is 12.4. The Bertz CT molecular complexity index is 888. The average molecular weight is 325 g/mol. The highest BCUT2D eigenvalue weighted by molar-refractivity contribution is 5.70. The molecule has 23 heavy (non-hydrogen) atoms. The van der Waals surface area contributed by atoms with E-state index in [4.69, 9.17) is 5.11 Å². The van der Waals surface area contributed by atoms with Crippen LogP contribution in [0.5, 0.6) is 0 Å². The van der Waals surface area contributed by atoms with E-state index in [1.54, 1.807) is 30.3 Å². The zero-order valence-electron chi connectivity index (χ0n) is 11.5. The predicted molar refractivity (Wildman–Crippen MR) is 73.0 cm³/mol. The maximum atomic E-state index is 12.4. The smallest absolute Gasteiger partial charge is 0.382 e. The summed E-state index contributed by atoms with van der Waals surface area (Å²) in [7, 11) is 0. The number of aromatic nitrogens is 5. The second-order valence-electron chi connectivity index (χ2n) is 4.77. The van der Waals surface area contributed by atoms with Crippen LogP contribution in [0.1, 0.15) is 0 Å². The topological polar surface area (TPSA) is 85.8 Å². The van der Waals surface area contributed by atoms with Crippen LogP contribution in [-0.2, 0) is 6.54 Å². The van der Waals surface area contributed by atoms with Crippen molar-refractivity contribution in [2.75, 3.05) is 0 Å². The van der Waals surface area contributed by atoms with E-state index in [1.807, 2.05) is 0 Å². The Balaban J connectivity index is 2.04. The molecule has 0 spiro atoms. The van der Waals surface area contributed by atoms with Crippen LogP contribution in [0.15, 0.2) is 41.5 Å². The first-order valence-corrected chi connectivity index (χ1v) is 6.49. The van der Waals surface area contributed by atoms with Crippen LogP contribution in [0, 0.1) is 0 Å². The molecule has 0 amide bonds. The number of hydrogen-bond acceptors (Lipinski definition) is 5. The molecule has 0 aliphatic carbocycles. The number of fused-ring (bicyclic) bond motifs is 1. The van der Waals surface area contributed by atoms with Crippen LogP contribution in [-0.4, -0.2) is 41.9 Å². The summed E-state index contributed by atoms with van der Waals surface area (Å²) < 4.78 is 39.1. The van der Waals surface area contributed by atoms with Crippen molar-refractivity contribution in [3.05, 3.63) is 47.0 Å². The second-order valence-corrected chi connectivity index (χ2v) is 4.77. The molecule has 120 valence electrons. The molecule has 1 N–H and O–H groups in total. The molecule has 0 aliphatic rings. The molecule has 0 aliphatic heterocycles. The first kappa shape index (κ1) is 15.2. The molecule has 0 radical (unpaired) electrons. The number of rotatable bonds is 3. The zero-order valence-corrected chi connectivity index (χ0v) is 11.5. The summed E-state index contributed by atoms with van der Waals surface area (Å²) in [5, 5.41) is 16.5. The fourth-order valence-electron chi connectivity index (χ4n) is 2.01. The van der Waals surface area contributed by atoms with E-state index < -0.39 is 24.4 Å². The Morgan fingerprint density at radius 2 is 1.91 bits per heavy atom. The lowest BCUT2D eigenvalue weighted by Gasteiger charge is -2.15. The summed E-state index contributed by atoms with van der Waals surface area (Å²) in [6.45, 7) is -0.955. The molecule has 3 aromatic rings. The Morgan fingerprint density at radius 1 is 1.22 bits per heavy atom. The first-order chi connectivity index (χ1) is 10.9. The van der Waals surface area contributed by atoms with Crippen LogP contribution >= 0.6 is 0 Å². The second kappa shape index (κ2) is 5.47. The minimum atomic E-state index is -4.82. The minimum absolute atomic E-state index is 0.124. The van der Waals surface area contributed by atoms with Crippen molar-refractivity contribution in [2.45, 2.75) is 18.8 Å². The molecule has 1 atom stereocenters. The molecular formula is C13H10F3N5O2. The Kier molecular flexibility index (Phi) is 3.60. The van der Waals surface area contributed by atoms with Crippen LogP contribution in [0.25, 0.3) is 16.9 Å². The predicted octanol–water partition coefficient (Wildman–Crippen LogP) is 0.900. The molecule has 0 saturated heterocycles. The summed E-state index contributed by atoms with van der Waals surface area (Å²) in [5.41, 5.74) is -0.250. The SMILES string of the molecule is O=c1c2nnn(-c3ccccc3)c2ncn1C[C@@H](O)C(F)(F)F. The number of aliphatic hydroxyl groups excluding tert-OH is 1. The number of aliphatic hydroxyl groups is 1. The molecular weight excluding hydrogens is 315 g/mol. The van der Waals surface area contributed by atoms with E-state index in [9.17, 15) is 18.0 Å². The molecule has 3 rings (SSSR count). The minimum Gasteiger partial charge on any atom is -0.382 e. The van der Waals surface area contributed by atoms with Crippen molar-refractivity contribution >= 4 is 11.2 Å². The molecule has 2 aromatic heterocycles. The summed E-state index contributed by atoms with van der Waals surface area (Å²) in [6.07, 6.45) is -6.55. The van der Waals surface area contributed by atoms with Gasteiger partial charge in [0.15, 0.2) is 17.3 Å². The number of hydrogen-bond donors (Lipinski definition) is 1. The van der Waals surface area contributed by atoms with E-state index in [1.165, 1.54) is 4.68 Å². The van der Waals surface area contributed by atoms with E-state index >= 15 is 0 Å². The summed E-state index contributed by atoms with van der Waals surface area (Å²) in [5.74, 6) is 0. The quantitative estimate of drug-likeness (QED) is 0.773. The third-order valence-electron chi connectivity index (χ3n) is 3.18.